The Labute approximate surface area is 200 Å². The van der Waals surface area contributed by atoms with Gasteiger partial charge in [0.15, 0.2) is 0 Å². The van der Waals surface area contributed by atoms with E-state index < -0.39 is 0 Å². The highest BCUT2D eigenvalue weighted by Crippen LogP contribution is 2.29. The summed E-state index contributed by atoms with van der Waals surface area (Å²) in [6, 6.07) is 6.18. The molecule has 0 atom stereocenters. The zero-order chi connectivity index (χ0) is 23.1. The van der Waals surface area contributed by atoms with Crippen LogP contribution in [0.2, 0.25) is 0 Å². The lowest BCUT2D eigenvalue weighted by atomic mass is 10.1. The Bertz CT molecular complexity index is 886. The zero-order valence-corrected chi connectivity index (χ0v) is 20.8. The number of H-pyrrole nitrogens is 2. The van der Waals surface area contributed by atoms with E-state index in [4.69, 9.17) is 9.73 Å². The van der Waals surface area contributed by atoms with Crippen LogP contribution in [0.1, 0.15) is 103 Å². The molecule has 0 aliphatic carbocycles. The Morgan fingerprint density at radius 1 is 0.848 bits per heavy atom. The van der Waals surface area contributed by atoms with Crippen molar-refractivity contribution in [2.24, 2.45) is 4.99 Å². The standard InChI is InChI=1S/C29H43N3O/c1-3-5-7-8-9-10-11-12-13-16-24-18-19-25(31-24)22-28-29(33-21-14-6-4-2)23-27(32-28)26-17-15-20-30-26/h15,17-20,22-23,30,32H,3-14,16,21H2,1-2H3. The molecule has 0 radical (unpaired) electrons. The van der Waals surface area contributed by atoms with Crippen molar-refractivity contribution in [3.05, 3.63) is 47.9 Å². The quantitative estimate of drug-likeness (QED) is 0.233. The van der Waals surface area contributed by atoms with Crippen LogP contribution in [0.5, 0.6) is 5.75 Å². The van der Waals surface area contributed by atoms with E-state index in [0.717, 1.165) is 48.0 Å². The zero-order valence-electron chi connectivity index (χ0n) is 20.8. The smallest absolute Gasteiger partial charge is 0.144 e. The van der Waals surface area contributed by atoms with E-state index in [-0.39, 0.29) is 0 Å². The molecule has 0 amide bonds. The summed E-state index contributed by atoms with van der Waals surface area (Å²) >= 11 is 0. The molecule has 1 aliphatic heterocycles. The molecule has 4 nitrogen and oxygen atoms in total. The third-order valence-electron chi connectivity index (χ3n) is 6.25. The van der Waals surface area contributed by atoms with Crippen molar-refractivity contribution in [3.8, 4) is 17.1 Å². The van der Waals surface area contributed by atoms with Crippen LogP contribution in [0.4, 0.5) is 0 Å². The van der Waals surface area contributed by atoms with E-state index in [2.05, 4.69) is 54.2 Å². The van der Waals surface area contributed by atoms with Gasteiger partial charge >= 0.3 is 0 Å². The molecule has 33 heavy (non-hydrogen) atoms. The number of unbranched alkanes of at least 4 members (excludes halogenated alkanes) is 10. The minimum atomic E-state index is 0.745. The van der Waals surface area contributed by atoms with Gasteiger partial charge < -0.3 is 14.7 Å². The van der Waals surface area contributed by atoms with E-state index >= 15 is 0 Å². The molecular weight excluding hydrogens is 406 g/mol. The van der Waals surface area contributed by atoms with Crippen molar-refractivity contribution in [1.82, 2.24) is 9.97 Å². The minimum absolute atomic E-state index is 0.745. The highest BCUT2D eigenvalue weighted by Gasteiger charge is 2.12. The number of aromatic nitrogens is 2. The molecule has 2 aromatic heterocycles. The highest BCUT2D eigenvalue weighted by atomic mass is 16.5. The number of aliphatic imine (C=N–C) groups is 1. The van der Waals surface area contributed by atoms with Crippen LogP contribution in [0.25, 0.3) is 17.5 Å². The maximum Gasteiger partial charge on any atom is 0.144 e. The second-order valence-electron chi connectivity index (χ2n) is 9.18. The van der Waals surface area contributed by atoms with Crippen LogP contribution in [0.3, 0.4) is 0 Å². The van der Waals surface area contributed by atoms with Gasteiger partial charge in [-0.05, 0) is 49.6 Å². The Morgan fingerprint density at radius 3 is 2.30 bits per heavy atom. The fraction of sp³-hybridized carbons (Fsp3) is 0.552. The monoisotopic (exact) mass is 449 g/mol. The number of aromatic amines is 2. The number of nitrogens with zero attached hydrogens (tertiary/aromatic N) is 1. The molecule has 0 saturated carbocycles. The highest BCUT2D eigenvalue weighted by molar-refractivity contribution is 5.99. The lowest BCUT2D eigenvalue weighted by Gasteiger charge is -2.04. The molecule has 1 aliphatic rings. The van der Waals surface area contributed by atoms with Crippen molar-refractivity contribution in [2.75, 3.05) is 6.61 Å². The summed E-state index contributed by atoms with van der Waals surface area (Å²) in [5, 5.41) is 0. The van der Waals surface area contributed by atoms with Crippen molar-refractivity contribution < 1.29 is 4.74 Å². The van der Waals surface area contributed by atoms with Gasteiger partial charge in [0.1, 0.15) is 5.75 Å². The van der Waals surface area contributed by atoms with Crippen LogP contribution in [-0.2, 0) is 0 Å². The van der Waals surface area contributed by atoms with Crippen molar-refractivity contribution >= 4 is 11.8 Å². The number of rotatable bonds is 17. The van der Waals surface area contributed by atoms with Crippen molar-refractivity contribution in [1.29, 1.82) is 0 Å². The summed E-state index contributed by atoms with van der Waals surface area (Å²) < 4.78 is 6.13. The molecular formula is C29H43N3O. The number of hydrogen-bond donors (Lipinski definition) is 2. The molecule has 0 spiro atoms. The summed E-state index contributed by atoms with van der Waals surface area (Å²) in [5.74, 6) is 0.902. The van der Waals surface area contributed by atoms with E-state index in [1.54, 1.807) is 0 Å². The topological polar surface area (TPSA) is 53.2 Å². The summed E-state index contributed by atoms with van der Waals surface area (Å²) in [6.07, 6.45) is 25.1. The van der Waals surface area contributed by atoms with Crippen molar-refractivity contribution in [2.45, 2.75) is 97.3 Å². The maximum absolute atomic E-state index is 6.13. The van der Waals surface area contributed by atoms with E-state index in [9.17, 15) is 0 Å². The average molecular weight is 450 g/mol. The third kappa shape index (κ3) is 8.75. The Morgan fingerprint density at radius 2 is 1.58 bits per heavy atom. The van der Waals surface area contributed by atoms with Crippen LogP contribution >= 0.6 is 0 Å². The van der Waals surface area contributed by atoms with Gasteiger partial charge in [-0.2, -0.15) is 0 Å². The number of allylic oxidation sites excluding steroid dienone is 2. The van der Waals surface area contributed by atoms with Gasteiger partial charge in [-0.1, -0.05) is 78.1 Å². The summed E-state index contributed by atoms with van der Waals surface area (Å²) in [4.78, 5) is 11.6. The minimum Gasteiger partial charge on any atom is -0.491 e. The Hall–Kier alpha value is -2.49. The van der Waals surface area contributed by atoms with Gasteiger partial charge in [0.05, 0.1) is 29.4 Å². The number of hydrogen-bond acceptors (Lipinski definition) is 2. The second kappa shape index (κ2) is 14.6. The molecule has 2 aromatic rings. The maximum atomic E-state index is 6.13. The van der Waals surface area contributed by atoms with Crippen molar-refractivity contribution in [3.63, 3.8) is 0 Å². The fourth-order valence-corrected chi connectivity index (χ4v) is 4.26. The second-order valence-corrected chi connectivity index (χ2v) is 9.18. The molecule has 0 fully saturated rings. The first-order valence-electron chi connectivity index (χ1n) is 13.3. The van der Waals surface area contributed by atoms with E-state index in [0.29, 0.717) is 0 Å². The van der Waals surface area contributed by atoms with E-state index in [1.807, 2.05) is 12.3 Å². The third-order valence-corrected chi connectivity index (χ3v) is 6.25. The molecule has 2 N–H and O–H groups in total. The van der Waals surface area contributed by atoms with Crippen LogP contribution in [0.15, 0.2) is 47.2 Å². The van der Waals surface area contributed by atoms with Gasteiger partial charge in [-0.25, -0.2) is 0 Å². The van der Waals surface area contributed by atoms with Gasteiger partial charge in [-0.15, -0.1) is 0 Å². The summed E-state index contributed by atoms with van der Waals surface area (Å²) in [5.41, 5.74) is 5.29. The first kappa shape index (κ1) is 25.1. The number of nitrogens with one attached hydrogen (secondary N) is 2. The lowest BCUT2D eigenvalue weighted by Crippen LogP contribution is -1.97. The summed E-state index contributed by atoms with van der Waals surface area (Å²) in [7, 11) is 0. The molecule has 3 heterocycles. The van der Waals surface area contributed by atoms with Gasteiger partial charge in [-0.3, -0.25) is 4.99 Å². The van der Waals surface area contributed by atoms with Gasteiger partial charge in [0.2, 0.25) is 0 Å². The molecule has 180 valence electrons. The summed E-state index contributed by atoms with van der Waals surface area (Å²) in [6.45, 7) is 5.24. The average Bonchev–Trinajstić information content (AvgIpc) is 3.58. The molecule has 0 saturated heterocycles. The normalized spacial score (nSPS) is 14.4. The van der Waals surface area contributed by atoms with Gasteiger partial charge in [0.25, 0.3) is 0 Å². The predicted octanol–water partition coefficient (Wildman–Crippen LogP) is 8.85. The first-order chi connectivity index (χ1) is 16.3. The lowest BCUT2D eigenvalue weighted by molar-refractivity contribution is 0.306. The van der Waals surface area contributed by atoms with Crippen LogP contribution in [-0.4, -0.2) is 22.3 Å². The van der Waals surface area contributed by atoms with Crippen LogP contribution < -0.4 is 4.74 Å². The molecule has 0 unspecified atom stereocenters. The molecule has 3 rings (SSSR count). The fourth-order valence-electron chi connectivity index (χ4n) is 4.26. The van der Waals surface area contributed by atoms with E-state index in [1.165, 1.54) is 76.3 Å². The molecule has 4 heteroatoms. The molecule has 0 aromatic carbocycles. The first-order valence-corrected chi connectivity index (χ1v) is 13.3. The SMILES string of the molecule is CCCCCCCCCCCC1=NC(=Cc2[nH]c(-c3ccc[nH]3)cc2OCCCCC)C=C1. The van der Waals surface area contributed by atoms with Gasteiger partial charge in [0, 0.05) is 18.0 Å². The van der Waals surface area contributed by atoms with Crippen LogP contribution in [0, 0.1) is 0 Å². The molecule has 0 bridgehead atoms. The Kier molecular flexibility index (Phi) is 11.1. The largest absolute Gasteiger partial charge is 0.491 e. The predicted molar refractivity (Wildman–Crippen MR) is 142 cm³/mol. The Balaban J connectivity index is 1.50. The number of ether oxygens (including phenoxy) is 1.